The molecule has 0 amide bonds. The Morgan fingerprint density at radius 1 is 0.794 bits per heavy atom. The van der Waals surface area contributed by atoms with Crippen molar-refractivity contribution in [3.63, 3.8) is 0 Å². The van der Waals surface area contributed by atoms with Gasteiger partial charge in [-0.05, 0) is 35.4 Å². The quantitative estimate of drug-likeness (QED) is 0.107. The Morgan fingerprint density at radius 2 is 1.47 bits per heavy atom. The number of unbranched alkanes of at least 4 members (excludes halogenated alkanes) is 8. The zero-order valence-electron chi connectivity index (χ0n) is 20.2. The van der Waals surface area contributed by atoms with Gasteiger partial charge in [0.2, 0.25) is 0 Å². The van der Waals surface area contributed by atoms with Gasteiger partial charge in [-0.3, -0.25) is 0 Å². The van der Waals surface area contributed by atoms with E-state index in [0.717, 1.165) is 28.5 Å². The molecule has 34 heavy (non-hydrogen) atoms. The average Bonchev–Trinajstić information content (AvgIpc) is 3.66. The van der Waals surface area contributed by atoms with E-state index in [0.29, 0.717) is 12.4 Å². The summed E-state index contributed by atoms with van der Waals surface area (Å²) in [6.45, 7) is 2.94. The number of carbonyl (C=O) groups is 1. The molecule has 2 atom stereocenters. The molecule has 1 saturated heterocycles. The smallest absolute Gasteiger partial charge is 0.343 e. The summed E-state index contributed by atoms with van der Waals surface area (Å²) in [7, 11) is 0. The lowest BCUT2D eigenvalue weighted by Crippen LogP contribution is -2.15. The van der Waals surface area contributed by atoms with Gasteiger partial charge in [0.05, 0.1) is 6.61 Å². The van der Waals surface area contributed by atoms with Crippen LogP contribution in [0.3, 0.4) is 0 Å². The second-order valence-corrected chi connectivity index (χ2v) is 9.12. The highest BCUT2D eigenvalue weighted by atomic mass is 16.6. The summed E-state index contributed by atoms with van der Waals surface area (Å²) < 4.78 is 17.4. The first kappa shape index (κ1) is 24.3. The molecule has 0 unspecified atom stereocenters. The largest absolute Gasteiger partial charge is 0.493 e. The highest BCUT2D eigenvalue weighted by Gasteiger charge is 2.49. The van der Waals surface area contributed by atoms with Gasteiger partial charge in [0, 0.05) is 5.56 Å². The first-order chi connectivity index (χ1) is 16.8. The Bertz CT molecular complexity index is 1060. The molecule has 180 valence electrons. The monoisotopic (exact) mass is 460 g/mol. The number of fused-ring (bicyclic) bond motifs is 1. The average molecular weight is 461 g/mol. The Labute approximate surface area is 203 Å². The summed E-state index contributed by atoms with van der Waals surface area (Å²) in [5.74, 6) is 0.968. The van der Waals surface area contributed by atoms with Crippen molar-refractivity contribution in [3.8, 4) is 11.5 Å². The third-order valence-electron chi connectivity index (χ3n) is 6.39. The van der Waals surface area contributed by atoms with Crippen LogP contribution < -0.4 is 9.47 Å². The van der Waals surface area contributed by atoms with Crippen LogP contribution in [0, 0.1) is 0 Å². The van der Waals surface area contributed by atoms with Gasteiger partial charge >= 0.3 is 5.97 Å². The molecule has 4 heteroatoms. The topological polar surface area (TPSA) is 48.1 Å². The molecule has 3 aromatic carbocycles. The number of carbonyl (C=O) groups excluding carboxylic acids is 1. The lowest BCUT2D eigenvalue weighted by Gasteiger charge is -2.10. The number of hydrogen-bond donors (Lipinski definition) is 0. The van der Waals surface area contributed by atoms with Crippen LogP contribution in [0.1, 0.15) is 76.4 Å². The molecule has 0 bridgehead atoms. The van der Waals surface area contributed by atoms with E-state index < -0.39 is 6.10 Å². The fourth-order valence-electron chi connectivity index (χ4n) is 4.38. The summed E-state index contributed by atoms with van der Waals surface area (Å²) >= 11 is 0. The van der Waals surface area contributed by atoms with Gasteiger partial charge < -0.3 is 14.2 Å². The molecule has 4 nitrogen and oxygen atoms in total. The predicted octanol–water partition coefficient (Wildman–Crippen LogP) is 7.79. The molecule has 1 aliphatic rings. The Balaban J connectivity index is 1.21. The minimum Gasteiger partial charge on any atom is -0.493 e. The van der Waals surface area contributed by atoms with Crippen molar-refractivity contribution in [2.24, 2.45) is 0 Å². The van der Waals surface area contributed by atoms with Gasteiger partial charge in [0.1, 0.15) is 17.6 Å². The van der Waals surface area contributed by atoms with Crippen LogP contribution in [0.2, 0.25) is 0 Å². The maximum absolute atomic E-state index is 12.7. The Kier molecular flexibility index (Phi) is 8.97. The first-order valence-corrected chi connectivity index (χ1v) is 12.8. The van der Waals surface area contributed by atoms with Gasteiger partial charge in [-0.25, -0.2) is 4.79 Å². The fraction of sp³-hybridized carbons (Fsp3) is 0.433. The van der Waals surface area contributed by atoms with E-state index in [2.05, 4.69) is 6.92 Å². The van der Waals surface area contributed by atoms with Crippen LogP contribution in [0.5, 0.6) is 11.5 Å². The van der Waals surface area contributed by atoms with Gasteiger partial charge in [-0.15, -0.1) is 0 Å². The van der Waals surface area contributed by atoms with Crippen molar-refractivity contribution in [1.82, 2.24) is 0 Å². The van der Waals surface area contributed by atoms with E-state index >= 15 is 0 Å². The maximum Gasteiger partial charge on any atom is 0.343 e. The second-order valence-electron chi connectivity index (χ2n) is 9.12. The van der Waals surface area contributed by atoms with E-state index in [1.165, 1.54) is 51.4 Å². The molecular weight excluding hydrogens is 424 g/mol. The third kappa shape index (κ3) is 6.83. The van der Waals surface area contributed by atoms with Crippen molar-refractivity contribution >= 4 is 16.7 Å². The van der Waals surface area contributed by atoms with E-state index in [4.69, 9.17) is 14.2 Å². The van der Waals surface area contributed by atoms with E-state index in [1.807, 2.05) is 66.7 Å². The van der Waals surface area contributed by atoms with Crippen LogP contribution in [0.4, 0.5) is 0 Å². The lowest BCUT2D eigenvalue weighted by molar-refractivity contribution is -0.135. The maximum atomic E-state index is 12.7. The summed E-state index contributed by atoms with van der Waals surface area (Å²) in [4.78, 5) is 12.7. The van der Waals surface area contributed by atoms with E-state index in [-0.39, 0.29) is 12.1 Å². The molecule has 0 N–H and O–H groups in total. The van der Waals surface area contributed by atoms with Crippen molar-refractivity contribution in [3.05, 3.63) is 72.3 Å². The molecule has 1 heterocycles. The molecule has 0 spiro atoms. The summed E-state index contributed by atoms with van der Waals surface area (Å²) in [6.07, 6.45) is 10.7. The molecule has 0 radical (unpaired) electrons. The SMILES string of the molecule is CCCCCCCCCCCOc1ccccc1[C@H]1O[C@H]1C(=O)Oc1ccc2ccccc2c1. The van der Waals surface area contributed by atoms with Crippen LogP contribution in [0.15, 0.2) is 66.7 Å². The minimum absolute atomic E-state index is 0.313. The van der Waals surface area contributed by atoms with E-state index in [9.17, 15) is 4.79 Å². The number of rotatable bonds is 14. The fourth-order valence-corrected chi connectivity index (χ4v) is 4.38. The van der Waals surface area contributed by atoms with Gasteiger partial charge in [-0.1, -0.05) is 107 Å². The first-order valence-electron chi connectivity index (χ1n) is 12.8. The summed E-state index contributed by atoms with van der Waals surface area (Å²) in [5, 5.41) is 2.15. The highest BCUT2D eigenvalue weighted by molar-refractivity contribution is 5.86. The van der Waals surface area contributed by atoms with Crippen molar-refractivity contribution in [2.45, 2.75) is 76.9 Å². The van der Waals surface area contributed by atoms with Crippen LogP contribution >= 0.6 is 0 Å². The lowest BCUT2D eigenvalue weighted by atomic mass is 10.1. The van der Waals surface area contributed by atoms with Crippen LogP contribution in [0.25, 0.3) is 10.8 Å². The Hall–Kier alpha value is -2.85. The molecule has 3 aromatic rings. The Morgan fingerprint density at radius 3 is 2.26 bits per heavy atom. The predicted molar refractivity (Wildman–Crippen MR) is 136 cm³/mol. The summed E-state index contributed by atoms with van der Waals surface area (Å²) in [6, 6.07) is 21.5. The third-order valence-corrected chi connectivity index (χ3v) is 6.39. The number of benzene rings is 3. The molecule has 1 aliphatic heterocycles. The van der Waals surface area contributed by atoms with Crippen molar-refractivity contribution in [1.29, 1.82) is 0 Å². The van der Waals surface area contributed by atoms with Crippen LogP contribution in [-0.2, 0) is 9.53 Å². The highest BCUT2D eigenvalue weighted by Crippen LogP contribution is 2.43. The van der Waals surface area contributed by atoms with Gasteiger partial charge in [0.15, 0.2) is 6.10 Å². The molecule has 1 fully saturated rings. The van der Waals surface area contributed by atoms with Crippen molar-refractivity contribution < 1.29 is 19.0 Å². The zero-order chi connectivity index (χ0) is 23.6. The minimum atomic E-state index is -0.594. The van der Waals surface area contributed by atoms with Gasteiger partial charge in [-0.2, -0.15) is 0 Å². The molecule has 0 saturated carbocycles. The number of hydrogen-bond acceptors (Lipinski definition) is 4. The number of para-hydroxylation sites is 1. The zero-order valence-corrected chi connectivity index (χ0v) is 20.2. The standard InChI is InChI=1S/C30H36O4/c1-2-3-4-5-6-7-8-9-14-21-32-27-18-13-12-17-26(27)28-29(34-28)30(31)33-25-20-19-23-15-10-11-16-24(23)22-25/h10-13,15-20,22,28-29H,2-9,14,21H2,1H3/t28-,29-/m1/s1. The number of epoxide rings is 1. The van der Waals surface area contributed by atoms with Crippen molar-refractivity contribution in [2.75, 3.05) is 6.61 Å². The van der Waals surface area contributed by atoms with E-state index in [1.54, 1.807) is 0 Å². The van der Waals surface area contributed by atoms with Crippen LogP contribution in [-0.4, -0.2) is 18.7 Å². The second kappa shape index (κ2) is 12.6. The molecule has 0 aromatic heterocycles. The normalized spacial score (nSPS) is 17.0. The summed E-state index contributed by atoms with van der Waals surface area (Å²) in [5.41, 5.74) is 0.916. The van der Waals surface area contributed by atoms with Gasteiger partial charge in [0.25, 0.3) is 0 Å². The molecule has 0 aliphatic carbocycles. The number of ether oxygens (including phenoxy) is 3. The molecular formula is C30H36O4. The number of esters is 1. The molecule has 4 rings (SSSR count).